The summed E-state index contributed by atoms with van der Waals surface area (Å²) < 4.78 is 0. The number of amides is 2. The van der Waals surface area contributed by atoms with Crippen LogP contribution < -0.4 is 11.1 Å². The smallest absolute Gasteiger partial charge is 0.326 e. The molecule has 1 atom stereocenters. The van der Waals surface area contributed by atoms with E-state index in [9.17, 15) is 14.4 Å². The van der Waals surface area contributed by atoms with E-state index in [-0.39, 0.29) is 18.5 Å². The number of carbonyl (C=O) groups is 3. The first-order chi connectivity index (χ1) is 8.40. The lowest BCUT2D eigenvalue weighted by Crippen LogP contribution is -2.41. The SMILES string of the molecule is Cc1cc(C(=O)N[C@@H](CCC(N)=O)C(=O)O)n[nH]1. The quantitative estimate of drug-likeness (QED) is 0.524. The number of rotatable bonds is 6. The number of hydrogen-bond donors (Lipinski definition) is 4. The summed E-state index contributed by atoms with van der Waals surface area (Å²) in [5.74, 6) is -2.46. The molecule has 0 bridgehead atoms. The average molecular weight is 254 g/mol. The summed E-state index contributed by atoms with van der Waals surface area (Å²) in [6, 6.07) is 0.324. The summed E-state index contributed by atoms with van der Waals surface area (Å²) in [6.45, 7) is 1.71. The predicted octanol–water partition coefficient (Wildman–Crippen LogP) is -0.833. The van der Waals surface area contributed by atoms with Crippen molar-refractivity contribution in [1.82, 2.24) is 15.5 Å². The molecule has 0 aliphatic heterocycles. The fraction of sp³-hybridized carbons (Fsp3) is 0.400. The van der Waals surface area contributed by atoms with E-state index in [4.69, 9.17) is 10.8 Å². The van der Waals surface area contributed by atoms with Crippen LogP contribution in [-0.2, 0) is 9.59 Å². The minimum atomic E-state index is -1.23. The molecule has 0 spiro atoms. The molecule has 18 heavy (non-hydrogen) atoms. The first-order valence-corrected chi connectivity index (χ1v) is 5.24. The van der Waals surface area contributed by atoms with Gasteiger partial charge in [0.2, 0.25) is 5.91 Å². The summed E-state index contributed by atoms with van der Waals surface area (Å²) in [7, 11) is 0. The highest BCUT2D eigenvalue weighted by Crippen LogP contribution is 2.02. The number of aliphatic carboxylic acids is 1. The number of primary amides is 1. The van der Waals surface area contributed by atoms with E-state index in [1.807, 2.05) is 0 Å². The lowest BCUT2D eigenvalue weighted by atomic mass is 10.1. The first-order valence-electron chi connectivity index (χ1n) is 5.24. The Morgan fingerprint density at radius 3 is 2.67 bits per heavy atom. The Balaban J connectivity index is 2.63. The Labute approximate surface area is 103 Å². The van der Waals surface area contributed by atoms with Gasteiger partial charge in [-0.25, -0.2) is 4.79 Å². The monoisotopic (exact) mass is 254 g/mol. The molecular formula is C10H14N4O4. The summed E-state index contributed by atoms with van der Waals surface area (Å²) >= 11 is 0. The lowest BCUT2D eigenvalue weighted by Gasteiger charge is -2.12. The number of hydrogen-bond acceptors (Lipinski definition) is 4. The second kappa shape index (κ2) is 5.80. The zero-order valence-electron chi connectivity index (χ0n) is 9.77. The Kier molecular flexibility index (Phi) is 4.41. The Bertz CT molecular complexity index is 468. The third kappa shape index (κ3) is 3.89. The normalized spacial score (nSPS) is 11.8. The molecule has 5 N–H and O–H groups in total. The molecule has 2 amide bonds. The highest BCUT2D eigenvalue weighted by Gasteiger charge is 2.22. The zero-order valence-corrected chi connectivity index (χ0v) is 9.77. The molecule has 0 aliphatic rings. The van der Waals surface area contributed by atoms with Crippen molar-refractivity contribution in [3.05, 3.63) is 17.5 Å². The van der Waals surface area contributed by atoms with Gasteiger partial charge in [-0.2, -0.15) is 5.10 Å². The van der Waals surface area contributed by atoms with E-state index in [0.717, 1.165) is 0 Å². The second-order valence-electron chi connectivity index (χ2n) is 3.81. The molecule has 0 saturated carbocycles. The van der Waals surface area contributed by atoms with Crippen LogP contribution in [0.5, 0.6) is 0 Å². The number of carboxylic acid groups (broad SMARTS) is 1. The number of carbonyl (C=O) groups excluding carboxylic acids is 2. The molecule has 0 fully saturated rings. The van der Waals surface area contributed by atoms with Crippen molar-refractivity contribution in [1.29, 1.82) is 0 Å². The number of H-pyrrole nitrogens is 1. The molecule has 0 unspecified atom stereocenters. The summed E-state index contributed by atoms with van der Waals surface area (Å²) in [4.78, 5) is 33.1. The number of aryl methyl sites for hydroxylation is 1. The van der Waals surface area contributed by atoms with Gasteiger partial charge >= 0.3 is 5.97 Å². The van der Waals surface area contributed by atoms with Crippen molar-refractivity contribution in [2.24, 2.45) is 5.73 Å². The molecule has 1 rings (SSSR count). The average Bonchev–Trinajstić information content (AvgIpc) is 2.70. The summed E-state index contributed by atoms with van der Waals surface area (Å²) in [5.41, 5.74) is 5.70. The van der Waals surface area contributed by atoms with Crippen LogP contribution in [-0.4, -0.2) is 39.1 Å². The number of aromatic amines is 1. The van der Waals surface area contributed by atoms with Gasteiger partial charge in [-0.05, 0) is 19.4 Å². The largest absolute Gasteiger partial charge is 0.480 e. The maximum absolute atomic E-state index is 11.6. The molecule has 1 aromatic rings. The van der Waals surface area contributed by atoms with Gasteiger partial charge in [-0.15, -0.1) is 0 Å². The molecular weight excluding hydrogens is 240 g/mol. The van der Waals surface area contributed by atoms with E-state index < -0.39 is 23.8 Å². The van der Waals surface area contributed by atoms with E-state index in [1.165, 1.54) is 6.07 Å². The van der Waals surface area contributed by atoms with Crippen LogP contribution in [0.3, 0.4) is 0 Å². The number of nitrogens with zero attached hydrogens (tertiary/aromatic N) is 1. The van der Waals surface area contributed by atoms with E-state index in [0.29, 0.717) is 5.69 Å². The van der Waals surface area contributed by atoms with Gasteiger partial charge in [0.15, 0.2) is 0 Å². The highest BCUT2D eigenvalue weighted by molar-refractivity contribution is 5.95. The number of nitrogens with one attached hydrogen (secondary N) is 2. The number of aromatic nitrogens is 2. The van der Waals surface area contributed by atoms with Crippen LogP contribution in [0.1, 0.15) is 29.0 Å². The van der Waals surface area contributed by atoms with Crippen LogP contribution in [0.15, 0.2) is 6.07 Å². The molecule has 8 heteroatoms. The molecule has 0 aromatic carbocycles. The fourth-order valence-electron chi connectivity index (χ4n) is 1.31. The van der Waals surface area contributed by atoms with Crippen molar-refractivity contribution in [3.63, 3.8) is 0 Å². The van der Waals surface area contributed by atoms with Gasteiger partial charge in [0.25, 0.3) is 5.91 Å². The van der Waals surface area contributed by atoms with Gasteiger partial charge in [0, 0.05) is 12.1 Å². The van der Waals surface area contributed by atoms with Crippen LogP contribution >= 0.6 is 0 Å². The van der Waals surface area contributed by atoms with Gasteiger partial charge in [0.1, 0.15) is 11.7 Å². The Morgan fingerprint density at radius 1 is 1.56 bits per heavy atom. The molecule has 8 nitrogen and oxygen atoms in total. The van der Waals surface area contributed by atoms with Crippen molar-refractivity contribution < 1.29 is 19.5 Å². The summed E-state index contributed by atoms with van der Waals surface area (Å²) in [5, 5.41) is 17.4. The fourth-order valence-corrected chi connectivity index (χ4v) is 1.31. The van der Waals surface area contributed by atoms with Gasteiger partial charge in [-0.1, -0.05) is 0 Å². The highest BCUT2D eigenvalue weighted by atomic mass is 16.4. The van der Waals surface area contributed by atoms with E-state index in [2.05, 4.69) is 15.5 Å². The molecule has 1 aromatic heterocycles. The van der Waals surface area contributed by atoms with Gasteiger partial charge < -0.3 is 16.2 Å². The van der Waals surface area contributed by atoms with E-state index in [1.54, 1.807) is 6.92 Å². The van der Waals surface area contributed by atoms with Crippen LogP contribution in [0.25, 0.3) is 0 Å². The molecule has 0 radical (unpaired) electrons. The third-order valence-corrected chi connectivity index (χ3v) is 2.22. The molecule has 0 aliphatic carbocycles. The molecule has 98 valence electrons. The van der Waals surface area contributed by atoms with Crippen molar-refractivity contribution in [2.45, 2.75) is 25.8 Å². The van der Waals surface area contributed by atoms with Gasteiger partial charge in [0.05, 0.1) is 0 Å². The standard InChI is InChI=1S/C10H14N4O4/c1-5-4-7(14-13-5)9(16)12-6(10(17)18)2-3-8(11)15/h4,6H,2-3H2,1H3,(H2,11,15)(H,12,16)(H,13,14)(H,17,18)/t6-/m0/s1. The topological polar surface area (TPSA) is 138 Å². The number of carboxylic acids is 1. The summed E-state index contributed by atoms with van der Waals surface area (Å²) in [6.07, 6.45) is -0.170. The first kappa shape index (κ1) is 13.7. The van der Waals surface area contributed by atoms with Crippen LogP contribution in [0.4, 0.5) is 0 Å². The molecule has 1 heterocycles. The third-order valence-electron chi connectivity index (χ3n) is 2.22. The maximum Gasteiger partial charge on any atom is 0.326 e. The Hall–Kier alpha value is -2.38. The second-order valence-corrected chi connectivity index (χ2v) is 3.81. The van der Waals surface area contributed by atoms with Crippen LogP contribution in [0, 0.1) is 6.92 Å². The Morgan fingerprint density at radius 2 is 2.22 bits per heavy atom. The van der Waals surface area contributed by atoms with Crippen molar-refractivity contribution in [2.75, 3.05) is 0 Å². The lowest BCUT2D eigenvalue weighted by molar-refractivity contribution is -0.139. The van der Waals surface area contributed by atoms with Gasteiger partial charge in [-0.3, -0.25) is 14.7 Å². The minimum Gasteiger partial charge on any atom is -0.480 e. The maximum atomic E-state index is 11.6. The number of nitrogens with two attached hydrogens (primary N) is 1. The predicted molar refractivity (Wildman–Crippen MR) is 60.6 cm³/mol. The zero-order chi connectivity index (χ0) is 13.7. The van der Waals surface area contributed by atoms with Crippen molar-refractivity contribution in [3.8, 4) is 0 Å². The van der Waals surface area contributed by atoms with E-state index >= 15 is 0 Å². The van der Waals surface area contributed by atoms with Crippen LogP contribution in [0.2, 0.25) is 0 Å². The molecule has 0 saturated heterocycles. The minimum absolute atomic E-state index is 0.0557. The van der Waals surface area contributed by atoms with Crippen molar-refractivity contribution >= 4 is 17.8 Å².